The summed E-state index contributed by atoms with van der Waals surface area (Å²) in [4.78, 5) is 0. The van der Waals surface area contributed by atoms with Gasteiger partial charge in [0.15, 0.2) is 0 Å². The lowest BCUT2D eigenvalue weighted by Gasteiger charge is -2.59. The van der Waals surface area contributed by atoms with E-state index in [1.54, 1.807) is 0 Å². The molecule has 0 heterocycles. The Morgan fingerprint density at radius 3 is 2.47 bits per heavy atom. The zero-order chi connectivity index (χ0) is 21.7. The summed E-state index contributed by atoms with van der Waals surface area (Å²) >= 11 is 0. The van der Waals surface area contributed by atoms with Crippen LogP contribution in [0.3, 0.4) is 0 Å². The van der Waals surface area contributed by atoms with Crippen LogP contribution in [0.25, 0.3) is 0 Å². The minimum Gasteiger partial charge on any atom is -0.396 e. The van der Waals surface area contributed by atoms with Crippen molar-refractivity contribution in [3.05, 3.63) is 11.6 Å². The number of aliphatic hydroxyl groups excluding tert-OH is 3. The number of allylic oxidation sites excluding steroid dienone is 1. The maximum absolute atomic E-state index is 10.7. The molecule has 3 saturated carbocycles. The van der Waals surface area contributed by atoms with Crippen molar-refractivity contribution in [3.8, 4) is 0 Å². The molecule has 0 amide bonds. The Kier molecular flexibility index (Phi) is 6.48. The van der Waals surface area contributed by atoms with Crippen molar-refractivity contribution in [2.75, 3.05) is 6.61 Å². The van der Waals surface area contributed by atoms with Crippen molar-refractivity contribution in [2.24, 2.45) is 46.3 Å². The van der Waals surface area contributed by atoms with Crippen molar-refractivity contribution >= 4 is 0 Å². The first kappa shape index (κ1) is 22.8. The summed E-state index contributed by atoms with van der Waals surface area (Å²) in [5, 5.41) is 31.2. The number of hydrogen-bond acceptors (Lipinski definition) is 3. The van der Waals surface area contributed by atoms with Gasteiger partial charge in [0.2, 0.25) is 0 Å². The molecule has 0 spiro atoms. The van der Waals surface area contributed by atoms with E-state index in [0.29, 0.717) is 35.7 Å². The molecule has 4 aliphatic carbocycles. The Hall–Kier alpha value is -0.380. The van der Waals surface area contributed by atoms with Gasteiger partial charge in [0, 0.05) is 6.61 Å². The Bertz CT molecular complexity index is 642. The molecule has 0 aromatic rings. The van der Waals surface area contributed by atoms with Gasteiger partial charge in [0.1, 0.15) is 6.10 Å². The van der Waals surface area contributed by atoms with Gasteiger partial charge in [-0.25, -0.2) is 0 Å². The molecule has 3 nitrogen and oxygen atoms in total. The third-order valence-corrected chi connectivity index (χ3v) is 10.4. The second kappa shape index (κ2) is 8.52. The third kappa shape index (κ3) is 3.61. The molecule has 0 aliphatic heterocycles. The highest BCUT2D eigenvalue weighted by molar-refractivity contribution is 5.29. The molecule has 2 unspecified atom stereocenters. The molecule has 4 aliphatic rings. The summed E-state index contributed by atoms with van der Waals surface area (Å²) in [5.74, 6) is 3.98. The van der Waals surface area contributed by atoms with Crippen LogP contribution in [0.15, 0.2) is 11.6 Å². The van der Waals surface area contributed by atoms with Gasteiger partial charge < -0.3 is 15.3 Å². The quantitative estimate of drug-likeness (QED) is 0.511. The molecule has 0 aromatic carbocycles. The van der Waals surface area contributed by atoms with Crippen LogP contribution in [-0.4, -0.2) is 34.1 Å². The molecule has 3 N–H and O–H groups in total. The van der Waals surface area contributed by atoms with Crippen molar-refractivity contribution in [1.82, 2.24) is 0 Å². The van der Waals surface area contributed by atoms with Crippen LogP contribution in [-0.2, 0) is 0 Å². The van der Waals surface area contributed by atoms with E-state index in [-0.39, 0.29) is 5.41 Å². The molecule has 0 bridgehead atoms. The molecular formula is C27H46O3. The average Bonchev–Trinajstić information content (AvgIpc) is 3.05. The van der Waals surface area contributed by atoms with Crippen molar-refractivity contribution in [3.63, 3.8) is 0 Å². The predicted molar refractivity (Wildman–Crippen MR) is 122 cm³/mol. The van der Waals surface area contributed by atoms with E-state index in [4.69, 9.17) is 0 Å². The molecule has 0 aromatic heterocycles. The molecule has 4 rings (SSSR count). The first-order valence-electron chi connectivity index (χ1n) is 12.9. The van der Waals surface area contributed by atoms with Crippen molar-refractivity contribution in [1.29, 1.82) is 0 Å². The minimum atomic E-state index is -0.658. The molecule has 30 heavy (non-hydrogen) atoms. The Balaban J connectivity index is 1.53. The molecule has 3 heteroatoms. The summed E-state index contributed by atoms with van der Waals surface area (Å²) in [6.45, 7) is 9.88. The number of rotatable bonds is 6. The first-order valence-corrected chi connectivity index (χ1v) is 12.9. The van der Waals surface area contributed by atoms with E-state index in [2.05, 4.69) is 33.8 Å². The monoisotopic (exact) mass is 418 g/mol. The highest BCUT2D eigenvalue weighted by atomic mass is 16.3. The Labute approximate surface area is 184 Å². The average molecular weight is 419 g/mol. The largest absolute Gasteiger partial charge is 0.396 e. The zero-order valence-corrected chi connectivity index (χ0v) is 19.8. The number of hydrogen-bond donors (Lipinski definition) is 3. The second-order valence-electron chi connectivity index (χ2n) is 12.2. The van der Waals surface area contributed by atoms with Crippen molar-refractivity contribution < 1.29 is 15.3 Å². The van der Waals surface area contributed by atoms with Crippen molar-refractivity contribution in [2.45, 2.75) is 104 Å². The summed E-state index contributed by atoms with van der Waals surface area (Å²) in [6.07, 6.45) is 12.7. The van der Waals surface area contributed by atoms with Crippen LogP contribution < -0.4 is 0 Å². The smallest absolute Gasteiger partial charge is 0.101 e. The van der Waals surface area contributed by atoms with Crippen LogP contribution in [0, 0.1) is 46.3 Å². The standard InChI is InChI=1S/C27H46O3/c1-17(2)6-5-7-18(16-28)20-10-11-21-19-8-9-23-25(30)24(29)13-15-27(23,4)22(19)12-14-26(20,21)3/h9,17-22,24-25,28-30H,5-8,10-16H2,1-4H3/t18-,19-,20+,21-,22-,24?,25?,26+,27+/m0/s1. The molecule has 172 valence electrons. The molecule has 0 radical (unpaired) electrons. The normalized spacial score (nSPS) is 46.7. The van der Waals surface area contributed by atoms with E-state index in [9.17, 15) is 15.3 Å². The first-order chi connectivity index (χ1) is 14.2. The van der Waals surface area contributed by atoms with E-state index in [1.165, 1.54) is 44.9 Å². The van der Waals surface area contributed by atoms with Gasteiger partial charge in [0.25, 0.3) is 0 Å². The van der Waals surface area contributed by atoms with E-state index < -0.39 is 12.2 Å². The maximum Gasteiger partial charge on any atom is 0.101 e. The molecule has 9 atom stereocenters. The van der Waals surface area contributed by atoms with Gasteiger partial charge in [-0.3, -0.25) is 0 Å². The fraction of sp³-hybridized carbons (Fsp3) is 0.926. The second-order valence-corrected chi connectivity index (χ2v) is 12.2. The van der Waals surface area contributed by atoms with Crippen LogP contribution in [0.5, 0.6) is 0 Å². The summed E-state index contributed by atoms with van der Waals surface area (Å²) < 4.78 is 0. The van der Waals surface area contributed by atoms with Gasteiger partial charge in [-0.05, 0) is 103 Å². The summed E-state index contributed by atoms with van der Waals surface area (Å²) in [5.41, 5.74) is 1.57. The lowest BCUT2D eigenvalue weighted by Crippen LogP contribution is -2.54. The van der Waals surface area contributed by atoms with Gasteiger partial charge in [-0.15, -0.1) is 0 Å². The lowest BCUT2D eigenvalue weighted by molar-refractivity contribution is -0.0828. The number of fused-ring (bicyclic) bond motifs is 5. The van der Waals surface area contributed by atoms with Crippen LogP contribution in [0.4, 0.5) is 0 Å². The molecule has 0 saturated heterocycles. The van der Waals surface area contributed by atoms with Gasteiger partial charge >= 0.3 is 0 Å². The topological polar surface area (TPSA) is 60.7 Å². The van der Waals surface area contributed by atoms with E-state index in [0.717, 1.165) is 36.7 Å². The van der Waals surface area contributed by atoms with E-state index >= 15 is 0 Å². The Morgan fingerprint density at radius 1 is 1.00 bits per heavy atom. The maximum atomic E-state index is 10.7. The predicted octanol–water partition coefficient (Wildman–Crippen LogP) is 5.33. The lowest BCUT2D eigenvalue weighted by atomic mass is 9.46. The highest BCUT2D eigenvalue weighted by Gasteiger charge is 2.60. The fourth-order valence-electron chi connectivity index (χ4n) is 8.74. The van der Waals surface area contributed by atoms with Gasteiger partial charge in [-0.2, -0.15) is 0 Å². The summed E-state index contributed by atoms with van der Waals surface area (Å²) in [7, 11) is 0. The third-order valence-electron chi connectivity index (χ3n) is 10.4. The Morgan fingerprint density at radius 2 is 1.77 bits per heavy atom. The molecular weight excluding hydrogens is 372 g/mol. The van der Waals surface area contributed by atoms with Crippen LogP contribution >= 0.6 is 0 Å². The number of aliphatic hydroxyl groups is 3. The zero-order valence-electron chi connectivity index (χ0n) is 19.8. The van der Waals surface area contributed by atoms with Crippen LogP contribution in [0.1, 0.15) is 91.9 Å². The molecule has 3 fully saturated rings. The fourth-order valence-corrected chi connectivity index (χ4v) is 8.74. The van der Waals surface area contributed by atoms with Gasteiger partial charge in [0.05, 0.1) is 6.10 Å². The SMILES string of the molecule is CC(C)CCC[C@@H](CO)[C@H]1CC[C@H]2[C@@H]3CC=C4C(O)C(O)CC[C@]4(C)[C@H]3CC[C@]12C. The summed E-state index contributed by atoms with van der Waals surface area (Å²) in [6, 6.07) is 0. The van der Waals surface area contributed by atoms with Gasteiger partial charge in [-0.1, -0.05) is 46.6 Å². The minimum absolute atomic E-state index is 0.0641. The van der Waals surface area contributed by atoms with Crippen LogP contribution in [0.2, 0.25) is 0 Å². The van der Waals surface area contributed by atoms with E-state index in [1.807, 2.05) is 0 Å². The highest BCUT2D eigenvalue weighted by Crippen LogP contribution is 2.67.